The van der Waals surface area contributed by atoms with Crippen molar-refractivity contribution in [2.24, 2.45) is 0 Å². The van der Waals surface area contributed by atoms with Crippen LogP contribution in [0.5, 0.6) is 17.2 Å². The fourth-order valence-corrected chi connectivity index (χ4v) is 3.13. The minimum Gasteiger partial charge on any atom is -0.496 e. The Hall–Kier alpha value is -2.29. The van der Waals surface area contributed by atoms with Gasteiger partial charge in [0.25, 0.3) is 0 Å². The van der Waals surface area contributed by atoms with Gasteiger partial charge >= 0.3 is 5.97 Å². The Kier molecular flexibility index (Phi) is 4.35. The Morgan fingerprint density at radius 3 is 2.42 bits per heavy atom. The van der Waals surface area contributed by atoms with Gasteiger partial charge in [-0.2, -0.15) is 0 Å². The van der Waals surface area contributed by atoms with E-state index in [-0.39, 0.29) is 22.5 Å². The zero-order valence-corrected chi connectivity index (χ0v) is 15.3. The zero-order chi connectivity index (χ0) is 17.4. The predicted octanol–water partition coefficient (Wildman–Crippen LogP) is 3.49. The average Bonchev–Trinajstić information content (AvgIpc) is 2.57. The first kappa shape index (κ1) is 16.6. The number of para-hydroxylation sites is 1. The van der Waals surface area contributed by atoms with Gasteiger partial charge in [-0.1, -0.05) is 6.07 Å². The van der Waals surface area contributed by atoms with E-state index < -0.39 is 5.97 Å². The van der Waals surface area contributed by atoms with E-state index in [1.165, 1.54) is 27.2 Å². The summed E-state index contributed by atoms with van der Waals surface area (Å²) in [6, 6.07) is 6.59. The molecule has 0 fully saturated rings. The van der Waals surface area contributed by atoms with Gasteiger partial charge in [0.2, 0.25) is 5.43 Å². The zero-order valence-electron chi connectivity index (χ0n) is 13.1. The highest BCUT2D eigenvalue weighted by molar-refractivity contribution is 14.1. The van der Waals surface area contributed by atoms with Crippen molar-refractivity contribution in [3.8, 4) is 17.2 Å². The second kappa shape index (κ2) is 6.31. The Morgan fingerprint density at radius 1 is 1.08 bits per heavy atom. The summed E-state index contributed by atoms with van der Waals surface area (Å²) >= 11 is 1.97. The van der Waals surface area contributed by atoms with Gasteiger partial charge in [-0.3, -0.25) is 9.59 Å². The highest BCUT2D eigenvalue weighted by Gasteiger charge is 2.21. The van der Waals surface area contributed by atoms with Gasteiger partial charge in [0.05, 0.1) is 23.2 Å². The van der Waals surface area contributed by atoms with Crippen LogP contribution >= 0.6 is 22.6 Å². The second-order valence-corrected chi connectivity index (χ2v) is 6.04. The number of methoxy groups -OCH3 is 2. The molecule has 0 aliphatic rings. The van der Waals surface area contributed by atoms with E-state index in [2.05, 4.69) is 0 Å². The maximum Gasteiger partial charge on any atom is 0.308 e. The quantitative estimate of drug-likeness (QED) is 0.269. The van der Waals surface area contributed by atoms with Gasteiger partial charge in [-0.15, -0.1) is 0 Å². The highest BCUT2D eigenvalue weighted by atomic mass is 127. The molecule has 0 unspecified atom stereocenters. The summed E-state index contributed by atoms with van der Waals surface area (Å²) in [6.45, 7) is 1.30. The molecule has 1 heterocycles. The van der Waals surface area contributed by atoms with Crippen LogP contribution in [0, 0.1) is 3.57 Å². The summed E-state index contributed by atoms with van der Waals surface area (Å²) in [4.78, 5) is 24.2. The molecule has 0 saturated heterocycles. The van der Waals surface area contributed by atoms with Crippen LogP contribution in [0.2, 0.25) is 0 Å². The van der Waals surface area contributed by atoms with Crippen molar-refractivity contribution in [2.75, 3.05) is 14.2 Å². The van der Waals surface area contributed by atoms with Gasteiger partial charge in [-0.25, -0.2) is 0 Å². The monoisotopic (exact) mass is 440 g/mol. The molecule has 0 aliphatic carbocycles. The fourth-order valence-electron chi connectivity index (χ4n) is 2.49. The molecule has 3 rings (SSSR count). The van der Waals surface area contributed by atoms with Gasteiger partial charge in [0, 0.05) is 13.0 Å². The third-order valence-electron chi connectivity index (χ3n) is 3.50. The lowest BCUT2D eigenvalue weighted by Crippen LogP contribution is -2.08. The first-order chi connectivity index (χ1) is 11.5. The van der Waals surface area contributed by atoms with Gasteiger partial charge < -0.3 is 18.6 Å². The van der Waals surface area contributed by atoms with E-state index in [0.717, 1.165) is 0 Å². The molecule has 0 aliphatic heterocycles. The summed E-state index contributed by atoms with van der Waals surface area (Å²) in [7, 11) is 2.94. The van der Waals surface area contributed by atoms with E-state index >= 15 is 0 Å². The number of hydrogen-bond acceptors (Lipinski definition) is 6. The molecule has 6 nitrogen and oxygen atoms in total. The molecule has 3 aromatic rings. The molecule has 0 amide bonds. The van der Waals surface area contributed by atoms with Crippen LogP contribution in [0.1, 0.15) is 6.92 Å². The number of halogens is 1. The van der Waals surface area contributed by atoms with E-state index in [9.17, 15) is 9.59 Å². The molecule has 0 N–H and O–H groups in total. The molecule has 7 heteroatoms. The summed E-state index contributed by atoms with van der Waals surface area (Å²) in [5.41, 5.74) is 0.375. The second-order valence-electron chi connectivity index (χ2n) is 4.96. The summed E-state index contributed by atoms with van der Waals surface area (Å²) in [5.74, 6) is 0.513. The molecule has 0 bridgehead atoms. The lowest BCUT2D eigenvalue weighted by atomic mass is 10.1. The summed E-state index contributed by atoms with van der Waals surface area (Å²) in [6.07, 6.45) is 0. The molecule has 0 spiro atoms. The molecule has 24 heavy (non-hydrogen) atoms. The lowest BCUT2D eigenvalue weighted by molar-refractivity contribution is -0.131. The number of ether oxygens (including phenoxy) is 3. The lowest BCUT2D eigenvalue weighted by Gasteiger charge is -2.12. The van der Waals surface area contributed by atoms with E-state index in [1.54, 1.807) is 18.2 Å². The summed E-state index contributed by atoms with van der Waals surface area (Å²) in [5, 5.41) is 0.676. The number of rotatable bonds is 3. The third kappa shape index (κ3) is 2.58. The maximum absolute atomic E-state index is 12.9. The molecular formula is C17H13IO6. The summed E-state index contributed by atoms with van der Waals surface area (Å²) < 4.78 is 22.2. The van der Waals surface area contributed by atoms with Gasteiger partial charge in [-0.05, 0) is 34.7 Å². The SMILES string of the molecule is COc1cccc2c(=O)c3c(OC)cc(OC(C)=O)c(I)c3oc12. The van der Waals surface area contributed by atoms with E-state index in [4.69, 9.17) is 18.6 Å². The Labute approximate surface area is 150 Å². The third-order valence-corrected chi connectivity index (χ3v) is 4.52. The number of carbonyl (C=O) groups excluding carboxylic acids is 1. The van der Waals surface area contributed by atoms with Crippen LogP contribution in [0.25, 0.3) is 21.9 Å². The van der Waals surface area contributed by atoms with Crippen LogP contribution in [-0.4, -0.2) is 20.2 Å². The number of hydrogen-bond donors (Lipinski definition) is 0. The average molecular weight is 440 g/mol. The van der Waals surface area contributed by atoms with Crippen molar-refractivity contribution in [2.45, 2.75) is 6.92 Å². The van der Waals surface area contributed by atoms with Crippen LogP contribution < -0.4 is 19.6 Å². The van der Waals surface area contributed by atoms with Crippen molar-refractivity contribution in [3.63, 3.8) is 0 Å². The minimum absolute atomic E-state index is 0.241. The molecular weight excluding hydrogens is 427 g/mol. The largest absolute Gasteiger partial charge is 0.496 e. The van der Waals surface area contributed by atoms with Gasteiger partial charge in [0.1, 0.15) is 11.1 Å². The topological polar surface area (TPSA) is 75.0 Å². The number of fused-ring (bicyclic) bond motifs is 2. The minimum atomic E-state index is -0.477. The van der Waals surface area contributed by atoms with Crippen LogP contribution in [0.3, 0.4) is 0 Å². The van der Waals surface area contributed by atoms with Crippen molar-refractivity contribution >= 4 is 50.5 Å². The molecule has 1 aromatic heterocycles. The normalized spacial score (nSPS) is 10.8. The van der Waals surface area contributed by atoms with Crippen LogP contribution in [-0.2, 0) is 4.79 Å². The smallest absolute Gasteiger partial charge is 0.308 e. The van der Waals surface area contributed by atoms with Crippen molar-refractivity contribution in [1.29, 1.82) is 0 Å². The van der Waals surface area contributed by atoms with Gasteiger partial charge in [0.15, 0.2) is 22.7 Å². The fraction of sp³-hybridized carbons (Fsp3) is 0.176. The first-order valence-electron chi connectivity index (χ1n) is 6.96. The van der Waals surface area contributed by atoms with E-state index in [0.29, 0.717) is 25.7 Å². The molecule has 0 atom stereocenters. The molecule has 2 aromatic carbocycles. The number of esters is 1. The van der Waals surface area contributed by atoms with Crippen molar-refractivity contribution in [1.82, 2.24) is 0 Å². The van der Waals surface area contributed by atoms with Crippen LogP contribution in [0.15, 0.2) is 33.5 Å². The molecule has 124 valence electrons. The molecule has 0 saturated carbocycles. The number of benzene rings is 2. The molecule has 0 radical (unpaired) electrons. The van der Waals surface area contributed by atoms with Crippen molar-refractivity contribution in [3.05, 3.63) is 38.1 Å². The predicted molar refractivity (Wildman–Crippen MR) is 97.1 cm³/mol. The Morgan fingerprint density at radius 2 is 1.79 bits per heavy atom. The Balaban J connectivity index is 2.51. The highest BCUT2D eigenvalue weighted by Crippen LogP contribution is 2.38. The standard InChI is InChI=1S/C17H13IO6/c1-8(19)23-12-7-11(22-3)13-15(20)9-5-4-6-10(21-2)16(9)24-17(13)14(12)18/h4-7H,1-3H3. The van der Waals surface area contributed by atoms with Crippen molar-refractivity contribution < 1.29 is 23.4 Å². The van der Waals surface area contributed by atoms with E-state index in [1.807, 2.05) is 22.6 Å². The maximum atomic E-state index is 12.9. The van der Waals surface area contributed by atoms with Crippen LogP contribution in [0.4, 0.5) is 0 Å². The number of carbonyl (C=O) groups is 1. The Bertz CT molecular complexity index is 1020. The first-order valence-corrected chi connectivity index (χ1v) is 8.04.